The number of anilines is 1. The first kappa shape index (κ1) is 13.1. The van der Waals surface area contributed by atoms with Gasteiger partial charge in [0.1, 0.15) is 0 Å². The number of nitrogens with one attached hydrogen (secondary N) is 1. The fourth-order valence-electron chi connectivity index (χ4n) is 2.94. The third kappa shape index (κ3) is 2.15. The van der Waals surface area contributed by atoms with Crippen LogP contribution in [0.25, 0.3) is 0 Å². The van der Waals surface area contributed by atoms with Crippen molar-refractivity contribution in [2.24, 2.45) is 0 Å². The average molecular weight is 246 g/mol. The summed E-state index contributed by atoms with van der Waals surface area (Å²) in [6.07, 6.45) is 1.13. The molecule has 1 aromatic carbocycles. The Morgan fingerprint density at radius 1 is 1.44 bits per heavy atom. The number of carbonyl (C=O) groups excluding carboxylic acids is 1. The molecule has 0 aliphatic carbocycles. The molecule has 0 spiro atoms. The van der Waals surface area contributed by atoms with Crippen molar-refractivity contribution in [2.45, 2.75) is 38.8 Å². The molecule has 1 unspecified atom stereocenters. The minimum Gasteiger partial charge on any atom is -0.365 e. The molecule has 1 fully saturated rings. The van der Waals surface area contributed by atoms with Crippen molar-refractivity contribution in [1.82, 2.24) is 5.32 Å². The molecule has 1 aliphatic rings. The van der Waals surface area contributed by atoms with Crippen LogP contribution in [0.3, 0.4) is 0 Å². The summed E-state index contributed by atoms with van der Waals surface area (Å²) >= 11 is 0. The Bertz CT molecular complexity index is 454. The predicted octanol–water partition coefficient (Wildman–Crippen LogP) is 2.47. The zero-order valence-electron chi connectivity index (χ0n) is 11.7. The third-order valence-electron chi connectivity index (χ3n) is 4.10. The number of nitrogens with zero attached hydrogens (tertiary/aromatic N) is 1. The van der Waals surface area contributed by atoms with Gasteiger partial charge in [-0.3, -0.25) is 4.79 Å². The summed E-state index contributed by atoms with van der Waals surface area (Å²) in [6, 6.07) is 8.42. The zero-order chi connectivity index (χ0) is 13.3. The molecule has 0 radical (unpaired) electrons. The molecular weight excluding hydrogens is 224 g/mol. The van der Waals surface area contributed by atoms with E-state index in [-0.39, 0.29) is 11.3 Å². The van der Waals surface area contributed by atoms with E-state index in [0.717, 1.165) is 24.2 Å². The Morgan fingerprint density at radius 2 is 2.17 bits per heavy atom. The first-order chi connectivity index (χ1) is 8.46. The van der Waals surface area contributed by atoms with Gasteiger partial charge in [-0.2, -0.15) is 0 Å². The topological polar surface area (TPSA) is 32.3 Å². The van der Waals surface area contributed by atoms with Crippen LogP contribution >= 0.6 is 0 Å². The van der Waals surface area contributed by atoms with Crippen molar-refractivity contribution >= 4 is 11.5 Å². The lowest BCUT2D eigenvalue weighted by molar-refractivity contribution is 0.101. The number of Topliss-reactive ketones (excluding diaryl/α,β-unsaturated/α-hetero) is 1. The molecule has 3 nitrogen and oxygen atoms in total. The highest BCUT2D eigenvalue weighted by Crippen LogP contribution is 2.34. The molecule has 2 rings (SSSR count). The number of hydrogen-bond acceptors (Lipinski definition) is 3. The van der Waals surface area contributed by atoms with E-state index < -0.39 is 0 Å². The highest BCUT2D eigenvalue weighted by Gasteiger charge is 2.40. The lowest BCUT2D eigenvalue weighted by Gasteiger charge is -2.37. The Morgan fingerprint density at radius 3 is 2.72 bits per heavy atom. The fraction of sp³-hybridized carbons (Fsp3) is 0.533. The largest absolute Gasteiger partial charge is 0.365 e. The molecule has 1 saturated heterocycles. The molecule has 0 saturated carbocycles. The highest BCUT2D eigenvalue weighted by molar-refractivity contribution is 5.95. The van der Waals surface area contributed by atoms with Crippen LogP contribution < -0.4 is 10.2 Å². The lowest BCUT2D eigenvalue weighted by atomic mass is 9.95. The number of likely N-dealkylation sites (N-methyl/N-ethyl adjacent to an activating group) is 1. The summed E-state index contributed by atoms with van der Waals surface area (Å²) in [5, 5.41) is 3.38. The van der Waals surface area contributed by atoms with Crippen molar-refractivity contribution in [3.63, 3.8) is 0 Å². The van der Waals surface area contributed by atoms with Crippen LogP contribution in [-0.2, 0) is 0 Å². The minimum absolute atomic E-state index is 0.0736. The molecule has 1 atom stereocenters. The number of ketones is 1. The molecule has 1 aromatic rings. The van der Waals surface area contributed by atoms with Crippen LogP contribution in [0.15, 0.2) is 24.3 Å². The smallest absolute Gasteiger partial charge is 0.159 e. The van der Waals surface area contributed by atoms with E-state index in [4.69, 9.17) is 0 Å². The summed E-state index contributed by atoms with van der Waals surface area (Å²) in [5.74, 6) is 0.124. The molecule has 1 heterocycles. The molecule has 1 N–H and O–H groups in total. The number of hydrogen-bond donors (Lipinski definition) is 1. The Hall–Kier alpha value is -1.35. The minimum atomic E-state index is 0.0736. The summed E-state index contributed by atoms with van der Waals surface area (Å²) < 4.78 is 0. The molecule has 3 heteroatoms. The fourth-order valence-corrected chi connectivity index (χ4v) is 2.94. The van der Waals surface area contributed by atoms with Crippen molar-refractivity contribution in [3.05, 3.63) is 29.8 Å². The molecule has 1 aliphatic heterocycles. The van der Waals surface area contributed by atoms with E-state index in [9.17, 15) is 4.79 Å². The monoisotopic (exact) mass is 246 g/mol. The second-order valence-electron chi connectivity index (χ2n) is 5.54. The van der Waals surface area contributed by atoms with Crippen LogP contribution in [0.4, 0.5) is 5.69 Å². The normalized spacial score (nSPS) is 22.2. The van der Waals surface area contributed by atoms with E-state index in [0.29, 0.717) is 6.04 Å². The van der Waals surface area contributed by atoms with E-state index in [1.807, 2.05) is 25.2 Å². The summed E-state index contributed by atoms with van der Waals surface area (Å²) in [4.78, 5) is 13.9. The quantitative estimate of drug-likeness (QED) is 0.832. The second-order valence-corrected chi connectivity index (χ2v) is 5.54. The Labute approximate surface area is 109 Å². The van der Waals surface area contributed by atoms with Crippen LogP contribution in [0, 0.1) is 0 Å². The van der Waals surface area contributed by atoms with Gasteiger partial charge in [-0.15, -0.1) is 0 Å². The molecule has 18 heavy (non-hydrogen) atoms. The van der Waals surface area contributed by atoms with Gasteiger partial charge in [-0.25, -0.2) is 0 Å². The summed E-state index contributed by atoms with van der Waals surface area (Å²) in [5.41, 5.74) is 2.01. The van der Waals surface area contributed by atoms with E-state index in [2.05, 4.69) is 30.1 Å². The molecular formula is C15H22N2O. The van der Waals surface area contributed by atoms with Gasteiger partial charge in [-0.1, -0.05) is 12.1 Å². The standard InChI is InChI=1S/C15H22N2O/c1-11(18)12-6-5-7-13(10-12)17-9-8-14(16-4)15(17,2)3/h5-7,10,14,16H,8-9H2,1-4H3. The van der Waals surface area contributed by atoms with Gasteiger partial charge >= 0.3 is 0 Å². The van der Waals surface area contributed by atoms with Crippen LogP contribution in [-0.4, -0.2) is 31.0 Å². The van der Waals surface area contributed by atoms with Crippen molar-refractivity contribution in [2.75, 3.05) is 18.5 Å². The van der Waals surface area contributed by atoms with Gasteiger partial charge < -0.3 is 10.2 Å². The number of carbonyl (C=O) groups is 1. The van der Waals surface area contributed by atoms with Gasteiger partial charge in [0.2, 0.25) is 0 Å². The first-order valence-electron chi connectivity index (χ1n) is 6.52. The van der Waals surface area contributed by atoms with Crippen LogP contribution in [0.2, 0.25) is 0 Å². The Kier molecular flexibility index (Phi) is 3.44. The molecule has 0 bridgehead atoms. The van der Waals surface area contributed by atoms with Gasteiger partial charge in [0.15, 0.2) is 5.78 Å². The zero-order valence-corrected chi connectivity index (χ0v) is 11.7. The first-order valence-corrected chi connectivity index (χ1v) is 6.52. The lowest BCUT2D eigenvalue weighted by Crippen LogP contribution is -2.50. The van der Waals surface area contributed by atoms with E-state index in [1.165, 1.54) is 0 Å². The summed E-state index contributed by atoms with van der Waals surface area (Å²) in [7, 11) is 2.02. The van der Waals surface area contributed by atoms with E-state index >= 15 is 0 Å². The van der Waals surface area contributed by atoms with E-state index in [1.54, 1.807) is 6.92 Å². The van der Waals surface area contributed by atoms with Crippen LogP contribution in [0.1, 0.15) is 37.6 Å². The highest BCUT2D eigenvalue weighted by atomic mass is 16.1. The maximum Gasteiger partial charge on any atom is 0.159 e. The van der Waals surface area contributed by atoms with Crippen molar-refractivity contribution < 1.29 is 4.79 Å². The van der Waals surface area contributed by atoms with Gasteiger partial charge in [0, 0.05) is 29.4 Å². The molecule has 0 aromatic heterocycles. The molecule has 98 valence electrons. The summed E-state index contributed by atoms with van der Waals surface area (Å²) in [6.45, 7) is 7.15. The third-order valence-corrected chi connectivity index (χ3v) is 4.10. The maximum atomic E-state index is 11.5. The predicted molar refractivity (Wildman–Crippen MR) is 75.3 cm³/mol. The van der Waals surface area contributed by atoms with Crippen molar-refractivity contribution in [1.29, 1.82) is 0 Å². The average Bonchev–Trinajstić information content (AvgIpc) is 2.64. The number of rotatable bonds is 3. The van der Waals surface area contributed by atoms with Crippen LogP contribution in [0.5, 0.6) is 0 Å². The van der Waals surface area contributed by atoms with Crippen molar-refractivity contribution in [3.8, 4) is 0 Å². The Balaban J connectivity index is 2.32. The van der Waals surface area contributed by atoms with Gasteiger partial charge in [-0.05, 0) is 46.4 Å². The maximum absolute atomic E-state index is 11.5. The van der Waals surface area contributed by atoms with Gasteiger partial charge in [0.25, 0.3) is 0 Å². The van der Waals surface area contributed by atoms with Gasteiger partial charge in [0.05, 0.1) is 0 Å². The molecule has 0 amide bonds. The number of benzene rings is 1. The second kappa shape index (κ2) is 4.73. The SMILES string of the molecule is CNC1CCN(c2cccc(C(C)=O)c2)C1(C)C.